The van der Waals surface area contributed by atoms with Crippen molar-refractivity contribution in [2.75, 3.05) is 14.1 Å². The number of pyridine rings is 1. The summed E-state index contributed by atoms with van der Waals surface area (Å²) in [6.07, 6.45) is 7.39. The Hall–Kier alpha value is -2.77. The molecule has 0 bridgehead atoms. The zero-order chi connectivity index (χ0) is 19.0. The predicted molar refractivity (Wildman–Crippen MR) is 109 cm³/mol. The van der Waals surface area contributed by atoms with Gasteiger partial charge >= 0.3 is 0 Å². The van der Waals surface area contributed by atoms with Gasteiger partial charge in [-0.25, -0.2) is 9.50 Å². The van der Waals surface area contributed by atoms with E-state index in [1.807, 2.05) is 44.1 Å². The fourth-order valence-corrected chi connectivity index (χ4v) is 3.59. The number of rotatable bonds is 5. The number of hydrogen-bond acceptors (Lipinski definition) is 5. The number of aromatic nitrogens is 4. The first kappa shape index (κ1) is 17.6. The zero-order valence-corrected chi connectivity index (χ0v) is 16.3. The van der Waals surface area contributed by atoms with E-state index >= 15 is 0 Å². The molecule has 0 amide bonds. The van der Waals surface area contributed by atoms with Gasteiger partial charge < -0.3 is 9.47 Å². The summed E-state index contributed by atoms with van der Waals surface area (Å²) in [5.74, 6) is 0. The summed E-state index contributed by atoms with van der Waals surface area (Å²) < 4.78 is 3.50. The van der Waals surface area contributed by atoms with Crippen LogP contribution in [-0.2, 0) is 6.54 Å². The molecule has 0 aliphatic carbocycles. The topological polar surface area (TPSA) is 55.4 Å². The van der Waals surface area contributed by atoms with Gasteiger partial charge in [0.25, 0.3) is 5.56 Å². The summed E-state index contributed by atoms with van der Waals surface area (Å²) >= 11 is 1.65. The summed E-state index contributed by atoms with van der Waals surface area (Å²) in [6, 6.07) is 5.96. The highest BCUT2D eigenvalue weighted by Gasteiger charge is 2.11. The second-order valence-corrected chi connectivity index (χ2v) is 7.68. The molecule has 0 fully saturated rings. The SMILES string of the molecule is CC(Cn1ccc(-c2cnc3c(-c4ccsc4)cnn3c2)cc1=O)N(C)C. The highest BCUT2D eigenvalue weighted by Crippen LogP contribution is 2.26. The van der Waals surface area contributed by atoms with Crippen LogP contribution in [0, 0.1) is 0 Å². The molecule has 4 heterocycles. The van der Waals surface area contributed by atoms with Crippen molar-refractivity contribution in [1.29, 1.82) is 0 Å². The minimum absolute atomic E-state index is 0.0132. The molecule has 1 atom stereocenters. The molecule has 0 saturated carbocycles. The third kappa shape index (κ3) is 3.43. The van der Waals surface area contributed by atoms with Gasteiger partial charge in [-0.1, -0.05) is 0 Å². The van der Waals surface area contributed by atoms with Crippen molar-refractivity contribution in [3.63, 3.8) is 0 Å². The summed E-state index contributed by atoms with van der Waals surface area (Å²) in [6.45, 7) is 2.76. The number of thiophene rings is 1. The molecule has 4 aromatic heterocycles. The van der Waals surface area contributed by atoms with Gasteiger partial charge in [0.2, 0.25) is 0 Å². The van der Waals surface area contributed by atoms with Crippen LogP contribution in [0.4, 0.5) is 0 Å². The molecule has 4 aromatic rings. The molecule has 0 N–H and O–H groups in total. The van der Waals surface area contributed by atoms with Gasteiger partial charge in [-0.05, 0) is 55.0 Å². The quantitative estimate of drug-likeness (QED) is 0.534. The van der Waals surface area contributed by atoms with Crippen LogP contribution in [-0.4, -0.2) is 44.2 Å². The highest BCUT2D eigenvalue weighted by atomic mass is 32.1. The summed E-state index contributed by atoms with van der Waals surface area (Å²) in [5, 5.41) is 8.55. The maximum Gasteiger partial charge on any atom is 0.251 e. The molecule has 6 nitrogen and oxygen atoms in total. The predicted octanol–water partition coefficient (Wildman–Crippen LogP) is 3.24. The van der Waals surface area contributed by atoms with E-state index in [0.717, 1.165) is 27.9 Å². The average Bonchev–Trinajstić information content (AvgIpc) is 3.31. The molecule has 0 aliphatic rings. The minimum atomic E-state index is -0.0132. The van der Waals surface area contributed by atoms with Gasteiger partial charge in [0, 0.05) is 48.4 Å². The van der Waals surface area contributed by atoms with Crippen molar-refractivity contribution in [2.24, 2.45) is 0 Å². The largest absolute Gasteiger partial charge is 0.314 e. The van der Waals surface area contributed by atoms with Crippen LogP contribution in [0.25, 0.3) is 27.9 Å². The number of nitrogens with zero attached hydrogens (tertiary/aromatic N) is 5. The molecule has 0 aromatic carbocycles. The van der Waals surface area contributed by atoms with Gasteiger partial charge in [-0.3, -0.25) is 4.79 Å². The second kappa shape index (κ2) is 7.09. The van der Waals surface area contributed by atoms with Gasteiger partial charge in [0.05, 0.1) is 6.20 Å². The van der Waals surface area contributed by atoms with E-state index in [0.29, 0.717) is 6.54 Å². The zero-order valence-electron chi connectivity index (χ0n) is 15.5. The third-order valence-electron chi connectivity index (χ3n) is 4.86. The van der Waals surface area contributed by atoms with Crippen LogP contribution in [0.3, 0.4) is 0 Å². The lowest BCUT2D eigenvalue weighted by atomic mass is 10.1. The normalized spacial score (nSPS) is 12.7. The molecule has 27 heavy (non-hydrogen) atoms. The van der Waals surface area contributed by atoms with Crippen molar-refractivity contribution in [3.05, 3.63) is 64.1 Å². The Bertz CT molecular complexity index is 1130. The molecular weight excluding hydrogens is 358 g/mol. The Morgan fingerprint density at radius 1 is 1.19 bits per heavy atom. The summed E-state index contributed by atoms with van der Waals surface area (Å²) in [4.78, 5) is 19.2. The van der Waals surface area contributed by atoms with Gasteiger partial charge in [-0.15, -0.1) is 0 Å². The summed E-state index contributed by atoms with van der Waals surface area (Å²) in [5.41, 5.74) is 4.64. The van der Waals surface area contributed by atoms with Crippen molar-refractivity contribution in [1.82, 2.24) is 24.1 Å². The molecule has 0 spiro atoms. The average molecular weight is 379 g/mol. The minimum Gasteiger partial charge on any atom is -0.314 e. The first-order chi connectivity index (χ1) is 13.0. The van der Waals surface area contributed by atoms with E-state index in [1.54, 1.807) is 32.7 Å². The Labute approximate surface area is 161 Å². The second-order valence-electron chi connectivity index (χ2n) is 6.90. The van der Waals surface area contributed by atoms with Gasteiger partial charge in [0.15, 0.2) is 5.65 Å². The summed E-state index contributed by atoms with van der Waals surface area (Å²) in [7, 11) is 4.03. The van der Waals surface area contributed by atoms with Gasteiger partial charge in [-0.2, -0.15) is 16.4 Å². The molecule has 0 radical (unpaired) electrons. The van der Waals surface area contributed by atoms with Crippen molar-refractivity contribution < 1.29 is 0 Å². The van der Waals surface area contributed by atoms with Crippen LogP contribution < -0.4 is 5.56 Å². The van der Waals surface area contributed by atoms with E-state index in [4.69, 9.17) is 0 Å². The number of fused-ring (bicyclic) bond motifs is 1. The molecule has 4 rings (SSSR count). The van der Waals surface area contributed by atoms with Crippen LogP contribution in [0.15, 0.2) is 58.5 Å². The van der Waals surface area contributed by atoms with Crippen LogP contribution in [0.5, 0.6) is 0 Å². The first-order valence-corrected chi connectivity index (χ1v) is 9.70. The van der Waals surface area contributed by atoms with Crippen LogP contribution >= 0.6 is 11.3 Å². The third-order valence-corrected chi connectivity index (χ3v) is 5.54. The molecule has 138 valence electrons. The van der Waals surface area contributed by atoms with Crippen molar-refractivity contribution >= 4 is 17.0 Å². The first-order valence-electron chi connectivity index (χ1n) is 8.76. The lowest BCUT2D eigenvalue weighted by Gasteiger charge is -2.20. The van der Waals surface area contributed by atoms with Crippen LogP contribution in [0.2, 0.25) is 0 Å². The Morgan fingerprint density at radius 3 is 2.74 bits per heavy atom. The van der Waals surface area contributed by atoms with Crippen molar-refractivity contribution in [2.45, 2.75) is 19.5 Å². The molecule has 7 heteroatoms. The Kier molecular flexibility index (Phi) is 4.63. The van der Waals surface area contributed by atoms with Crippen molar-refractivity contribution in [3.8, 4) is 22.3 Å². The smallest absolute Gasteiger partial charge is 0.251 e. The van der Waals surface area contributed by atoms with Gasteiger partial charge in [0.1, 0.15) is 0 Å². The maximum absolute atomic E-state index is 12.5. The molecule has 0 aliphatic heterocycles. The van der Waals surface area contributed by atoms with E-state index in [-0.39, 0.29) is 11.6 Å². The van der Waals surface area contributed by atoms with E-state index in [1.165, 1.54) is 0 Å². The number of hydrogen-bond donors (Lipinski definition) is 0. The number of likely N-dealkylation sites (N-methyl/N-ethyl adjacent to an activating group) is 1. The standard InChI is InChI=1S/C20H21N5OS/c1-14(23(2)3)11-24-6-4-15(8-19(24)26)17-9-21-20-18(10-22-25(20)12-17)16-5-7-27-13-16/h4-10,12-14H,11H2,1-3H3. The Balaban J connectivity index is 1.66. The van der Waals surface area contributed by atoms with E-state index in [2.05, 4.69) is 33.4 Å². The fraction of sp³-hybridized carbons (Fsp3) is 0.250. The Morgan fingerprint density at radius 2 is 2.04 bits per heavy atom. The molecular formula is C20H21N5OS. The highest BCUT2D eigenvalue weighted by molar-refractivity contribution is 7.08. The molecule has 1 unspecified atom stereocenters. The lowest BCUT2D eigenvalue weighted by Crippen LogP contribution is -2.33. The molecule has 0 saturated heterocycles. The van der Waals surface area contributed by atoms with E-state index < -0.39 is 0 Å². The van der Waals surface area contributed by atoms with Crippen LogP contribution in [0.1, 0.15) is 6.92 Å². The maximum atomic E-state index is 12.5. The monoisotopic (exact) mass is 379 g/mol. The van der Waals surface area contributed by atoms with E-state index in [9.17, 15) is 4.79 Å². The lowest BCUT2D eigenvalue weighted by molar-refractivity contribution is 0.281. The fourth-order valence-electron chi connectivity index (χ4n) is 2.93.